The lowest BCUT2D eigenvalue weighted by Crippen LogP contribution is -2.39. The van der Waals surface area contributed by atoms with E-state index in [1.165, 1.54) is 6.08 Å². The summed E-state index contributed by atoms with van der Waals surface area (Å²) in [6.45, 7) is 2.68. The Morgan fingerprint density at radius 1 is 1.27 bits per heavy atom. The summed E-state index contributed by atoms with van der Waals surface area (Å²) in [5.41, 5.74) is 2.23. The first kappa shape index (κ1) is 18.0. The molecule has 1 aliphatic rings. The van der Waals surface area contributed by atoms with Gasteiger partial charge in [-0.25, -0.2) is 0 Å². The van der Waals surface area contributed by atoms with Gasteiger partial charge in [-0.1, -0.05) is 30.7 Å². The molecule has 0 unspecified atom stereocenters. The van der Waals surface area contributed by atoms with E-state index < -0.39 is 0 Å². The van der Waals surface area contributed by atoms with Gasteiger partial charge in [-0.3, -0.25) is 9.59 Å². The van der Waals surface area contributed by atoms with E-state index in [4.69, 9.17) is 16.3 Å². The SMILES string of the molecule is CCCN1C(=O)COc2cc(NC(=O)/C=C/c3ccc(Cl)cc3)ccc21. The van der Waals surface area contributed by atoms with E-state index in [1.807, 2.05) is 19.1 Å². The second-order valence-electron chi connectivity index (χ2n) is 5.89. The number of nitrogens with one attached hydrogen (secondary N) is 1. The van der Waals surface area contributed by atoms with Crippen LogP contribution >= 0.6 is 11.6 Å². The summed E-state index contributed by atoms with van der Waals surface area (Å²) in [6, 6.07) is 12.5. The number of amides is 2. The minimum absolute atomic E-state index is 0.0148. The van der Waals surface area contributed by atoms with Crippen molar-refractivity contribution in [3.8, 4) is 5.75 Å². The molecular formula is C20H19ClN2O3. The second kappa shape index (κ2) is 8.06. The number of rotatable bonds is 5. The van der Waals surface area contributed by atoms with Gasteiger partial charge in [-0.05, 0) is 42.3 Å². The number of hydrogen-bond acceptors (Lipinski definition) is 3. The highest BCUT2D eigenvalue weighted by atomic mass is 35.5. The Balaban J connectivity index is 1.69. The fourth-order valence-corrected chi connectivity index (χ4v) is 2.81. The van der Waals surface area contributed by atoms with Gasteiger partial charge in [-0.15, -0.1) is 0 Å². The van der Waals surface area contributed by atoms with Crippen LogP contribution in [0.5, 0.6) is 5.75 Å². The predicted molar refractivity (Wildman–Crippen MR) is 104 cm³/mol. The van der Waals surface area contributed by atoms with Crippen LogP contribution in [-0.2, 0) is 9.59 Å². The molecular weight excluding hydrogens is 352 g/mol. The Morgan fingerprint density at radius 2 is 2.04 bits per heavy atom. The number of halogens is 1. The lowest BCUT2D eigenvalue weighted by atomic mass is 10.2. The Kier molecular flexibility index (Phi) is 5.58. The first-order chi connectivity index (χ1) is 12.6. The quantitative estimate of drug-likeness (QED) is 0.805. The summed E-state index contributed by atoms with van der Waals surface area (Å²) in [5, 5.41) is 3.45. The third kappa shape index (κ3) is 4.24. The average molecular weight is 371 g/mol. The molecule has 0 radical (unpaired) electrons. The number of anilines is 2. The largest absolute Gasteiger partial charge is 0.481 e. The zero-order chi connectivity index (χ0) is 18.5. The molecule has 26 heavy (non-hydrogen) atoms. The monoisotopic (exact) mass is 370 g/mol. The summed E-state index contributed by atoms with van der Waals surface area (Å²) in [5.74, 6) is 0.289. The zero-order valence-electron chi connectivity index (χ0n) is 14.4. The minimum atomic E-state index is -0.253. The lowest BCUT2D eigenvalue weighted by Gasteiger charge is -2.29. The average Bonchev–Trinajstić information content (AvgIpc) is 2.64. The molecule has 1 aliphatic heterocycles. The maximum atomic E-state index is 12.1. The summed E-state index contributed by atoms with van der Waals surface area (Å²) >= 11 is 5.84. The molecule has 2 aromatic rings. The molecule has 0 saturated carbocycles. The van der Waals surface area contributed by atoms with Crippen LogP contribution in [-0.4, -0.2) is 25.0 Å². The van der Waals surface area contributed by atoms with Gasteiger partial charge >= 0.3 is 0 Å². The molecule has 134 valence electrons. The molecule has 1 N–H and O–H groups in total. The number of hydrogen-bond donors (Lipinski definition) is 1. The Bertz CT molecular complexity index is 847. The Morgan fingerprint density at radius 3 is 2.77 bits per heavy atom. The van der Waals surface area contributed by atoms with E-state index in [2.05, 4.69) is 5.32 Å². The molecule has 0 saturated heterocycles. The van der Waals surface area contributed by atoms with Gasteiger partial charge in [-0.2, -0.15) is 0 Å². The highest BCUT2D eigenvalue weighted by Gasteiger charge is 2.24. The predicted octanol–water partition coefficient (Wildman–Crippen LogP) is 4.13. The third-order valence-corrected chi connectivity index (χ3v) is 4.17. The smallest absolute Gasteiger partial charge is 0.265 e. The molecule has 5 nitrogen and oxygen atoms in total. The lowest BCUT2D eigenvalue weighted by molar-refractivity contribution is -0.121. The Hall–Kier alpha value is -2.79. The summed E-state index contributed by atoms with van der Waals surface area (Å²) < 4.78 is 5.50. The van der Waals surface area contributed by atoms with Crippen molar-refractivity contribution < 1.29 is 14.3 Å². The number of carbonyl (C=O) groups is 2. The molecule has 6 heteroatoms. The third-order valence-electron chi connectivity index (χ3n) is 3.91. The highest BCUT2D eigenvalue weighted by molar-refractivity contribution is 6.30. The van der Waals surface area contributed by atoms with Crippen molar-refractivity contribution in [3.63, 3.8) is 0 Å². The van der Waals surface area contributed by atoms with Crippen molar-refractivity contribution in [2.75, 3.05) is 23.4 Å². The summed E-state index contributed by atoms with van der Waals surface area (Å²) in [4.78, 5) is 25.8. The van der Waals surface area contributed by atoms with Gasteiger partial charge in [0.15, 0.2) is 6.61 Å². The number of carbonyl (C=O) groups excluding carboxylic acids is 2. The highest BCUT2D eigenvalue weighted by Crippen LogP contribution is 2.34. The van der Waals surface area contributed by atoms with Crippen molar-refractivity contribution in [2.45, 2.75) is 13.3 Å². The fourth-order valence-electron chi connectivity index (χ4n) is 2.68. The van der Waals surface area contributed by atoms with Crippen molar-refractivity contribution in [1.82, 2.24) is 0 Å². The van der Waals surface area contributed by atoms with Crippen LogP contribution in [0.25, 0.3) is 6.08 Å². The van der Waals surface area contributed by atoms with Crippen LogP contribution < -0.4 is 15.0 Å². The molecule has 1 heterocycles. The van der Waals surface area contributed by atoms with Gasteiger partial charge < -0.3 is 15.0 Å². The molecule has 2 amide bonds. The first-order valence-corrected chi connectivity index (χ1v) is 8.76. The maximum absolute atomic E-state index is 12.1. The van der Waals surface area contributed by atoms with Gasteiger partial charge in [0.25, 0.3) is 5.91 Å². The molecule has 0 fully saturated rings. The number of fused-ring (bicyclic) bond motifs is 1. The topological polar surface area (TPSA) is 58.6 Å². The van der Waals surface area contributed by atoms with Gasteiger partial charge in [0, 0.05) is 29.4 Å². The van der Waals surface area contributed by atoms with Crippen molar-refractivity contribution in [3.05, 3.63) is 59.1 Å². The van der Waals surface area contributed by atoms with Gasteiger partial charge in [0.05, 0.1) is 5.69 Å². The normalized spacial score (nSPS) is 13.5. The number of nitrogens with zero attached hydrogens (tertiary/aromatic N) is 1. The van der Waals surface area contributed by atoms with Crippen molar-refractivity contribution >= 4 is 40.9 Å². The fraction of sp³-hybridized carbons (Fsp3) is 0.200. The van der Waals surface area contributed by atoms with Crippen LogP contribution in [0, 0.1) is 0 Å². The van der Waals surface area contributed by atoms with Crippen LogP contribution in [0.4, 0.5) is 11.4 Å². The standard InChI is InChI=1S/C20H19ClN2O3/c1-2-11-23-17-9-8-16(12-18(17)26-13-20(23)25)22-19(24)10-5-14-3-6-15(21)7-4-14/h3-10,12H,2,11,13H2,1H3,(H,22,24)/b10-5+. The summed E-state index contributed by atoms with van der Waals surface area (Å²) in [7, 11) is 0. The molecule has 0 bridgehead atoms. The van der Waals surface area contributed by atoms with Crippen molar-refractivity contribution in [1.29, 1.82) is 0 Å². The summed E-state index contributed by atoms with van der Waals surface area (Å²) in [6.07, 6.45) is 4.03. The van der Waals surface area contributed by atoms with Crippen LogP contribution in [0.15, 0.2) is 48.5 Å². The van der Waals surface area contributed by atoms with E-state index >= 15 is 0 Å². The van der Waals surface area contributed by atoms with E-state index in [-0.39, 0.29) is 18.4 Å². The van der Waals surface area contributed by atoms with Crippen molar-refractivity contribution in [2.24, 2.45) is 0 Å². The van der Waals surface area contributed by atoms with E-state index in [9.17, 15) is 9.59 Å². The molecule has 3 rings (SSSR count). The second-order valence-corrected chi connectivity index (χ2v) is 6.33. The van der Waals surface area contributed by atoms with Crippen LogP contribution in [0.1, 0.15) is 18.9 Å². The number of ether oxygens (including phenoxy) is 1. The van der Waals surface area contributed by atoms with Crippen LogP contribution in [0.3, 0.4) is 0 Å². The van der Waals surface area contributed by atoms with E-state index in [1.54, 1.807) is 41.3 Å². The van der Waals surface area contributed by atoms with E-state index in [0.29, 0.717) is 23.0 Å². The van der Waals surface area contributed by atoms with Gasteiger partial charge in [0.2, 0.25) is 5.91 Å². The molecule has 0 aliphatic carbocycles. The molecule has 0 aromatic heterocycles. The Labute approximate surface area is 157 Å². The van der Waals surface area contributed by atoms with Gasteiger partial charge in [0.1, 0.15) is 5.75 Å². The molecule has 0 atom stereocenters. The van der Waals surface area contributed by atoms with E-state index in [0.717, 1.165) is 17.7 Å². The minimum Gasteiger partial charge on any atom is -0.481 e. The number of benzene rings is 2. The first-order valence-electron chi connectivity index (χ1n) is 8.38. The van der Waals surface area contributed by atoms with Crippen LogP contribution in [0.2, 0.25) is 5.02 Å². The molecule has 0 spiro atoms. The zero-order valence-corrected chi connectivity index (χ0v) is 15.1. The molecule has 2 aromatic carbocycles. The maximum Gasteiger partial charge on any atom is 0.265 e.